The molecule has 1 aliphatic heterocycles. The minimum Gasteiger partial charge on any atom is -0.493 e. The second-order valence-corrected chi connectivity index (χ2v) is 9.40. The maximum absolute atomic E-state index is 13.8. The van der Waals surface area contributed by atoms with E-state index in [1.807, 2.05) is 30.3 Å². The molecule has 1 fully saturated rings. The second-order valence-electron chi connectivity index (χ2n) is 9.40. The molecule has 2 atom stereocenters. The van der Waals surface area contributed by atoms with E-state index in [-0.39, 0.29) is 18.2 Å². The van der Waals surface area contributed by atoms with Crippen LogP contribution in [0.25, 0.3) is 28.5 Å². The van der Waals surface area contributed by atoms with Crippen LogP contribution in [0, 0.1) is 5.82 Å². The highest BCUT2D eigenvalue weighted by Crippen LogP contribution is 2.48. The van der Waals surface area contributed by atoms with Crippen LogP contribution in [-0.2, 0) is 11.2 Å². The number of aliphatic hydroxyl groups excluding tert-OH is 2. The van der Waals surface area contributed by atoms with Gasteiger partial charge in [-0.25, -0.2) is 4.39 Å². The van der Waals surface area contributed by atoms with E-state index < -0.39 is 24.6 Å². The van der Waals surface area contributed by atoms with Crippen LogP contribution in [0.2, 0.25) is 0 Å². The highest BCUT2D eigenvalue weighted by atomic mass is 19.1. The highest BCUT2D eigenvalue weighted by molar-refractivity contribution is 5.86. The number of aromatic nitrogens is 1. The predicted octanol–water partition coefficient (Wildman–Crippen LogP) is 4.97. The number of aliphatic hydroxyl groups is 2. The van der Waals surface area contributed by atoms with Gasteiger partial charge in [-0.15, -0.1) is 0 Å². The molecule has 7 heteroatoms. The number of ether oxygens (including phenoxy) is 1. The maximum Gasteiger partial charge on any atom is 0.305 e. The van der Waals surface area contributed by atoms with Crippen molar-refractivity contribution in [2.75, 3.05) is 6.61 Å². The van der Waals surface area contributed by atoms with E-state index in [0.717, 1.165) is 57.8 Å². The number of hydrogen-bond acceptors (Lipinski definition) is 5. The first-order valence-corrected chi connectivity index (χ1v) is 12.2. The van der Waals surface area contributed by atoms with Crippen LogP contribution in [0.3, 0.4) is 0 Å². The topological polar surface area (TPSA) is 99.9 Å². The monoisotopic (exact) mass is 489 g/mol. The van der Waals surface area contributed by atoms with Gasteiger partial charge in [-0.05, 0) is 53.8 Å². The summed E-state index contributed by atoms with van der Waals surface area (Å²) in [5, 5.41) is 29.4. The Kier molecular flexibility index (Phi) is 6.85. The molecule has 1 aliphatic carbocycles. The fourth-order valence-corrected chi connectivity index (χ4v) is 4.81. The van der Waals surface area contributed by atoms with Crippen LogP contribution in [0.15, 0.2) is 54.6 Å². The summed E-state index contributed by atoms with van der Waals surface area (Å²) in [6, 6.07) is 14.2. The van der Waals surface area contributed by atoms with E-state index >= 15 is 0 Å². The number of nitrogens with zero attached hydrogens (tertiary/aromatic N) is 1. The smallest absolute Gasteiger partial charge is 0.305 e. The molecular weight excluding hydrogens is 461 g/mol. The van der Waals surface area contributed by atoms with Crippen molar-refractivity contribution >= 4 is 12.0 Å². The summed E-state index contributed by atoms with van der Waals surface area (Å²) in [6.45, 7) is 0.468. The largest absolute Gasteiger partial charge is 0.493 e. The number of aliphatic carboxylic acids is 1. The first kappa shape index (κ1) is 24.2. The Morgan fingerprint density at radius 2 is 1.89 bits per heavy atom. The molecular formula is C29H28FNO5. The van der Waals surface area contributed by atoms with Gasteiger partial charge in [0.1, 0.15) is 11.6 Å². The Balaban J connectivity index is 1.66. The Hall–Kier alpha value is -3.55. The number of halogens is 1. The third-order valence-electron chi connectivity index (χ3n) is 6.62. The van der Waals surface area contributed by atoms with Crippen LogP contribution < -0.4 is 4.74 Å². The highest BCUT2D eigenvalue weighted by Gasteiger charge is 2.32. The van der Waals surface area contributed by atoms with E-state index in [9.17, 15) is 19.4 Å². The number of hydrogen-bond donors (Lipinski definition) is 3. The molecule has 5 rings (SSSR count). The van der Waals surface area contributed by atoms with Crippen molar-refractivity contribution in [1.29, 1.82) is 0 Å². The molecule has 2 heterocycles. The number of carbonyl (C=O) groups is 1. The summed E-state index contributed by atoms with van der Waals surface area (Å²) in [4.78, 5) is 16.0. The van der Waals surface area contributed by atoms with Gasteiger partial charge in [-0.2, -0.15) is 0 Å². The van der Waals surface area contributed by atoms with Gasteiger partial charge in [0, 0.05) is 29.9 Å². The zero-order chi connectivity index (χ0) is 25.2. The molecule has 36 heavy (non-hydrogen) atoms. The van der Waals surface area contributed by atoms with Crippen molar-refractivity contribution in [3.63, 3.8) is 0 Å². The number of benzene rings is 2. The van der Waals surface area contributed by atoms with E-state index in [4.69, 9.17) is 14.8 Å². The number of fused-ring (bicyclic) bond motifs is 3. The minimum absolute atomic E-state index is 0.0902. The zero-order valence-corrected chi connectivity index (χ0v) is 19.7. The fraction of sp³-hybridized carbons (Fsp3) is 0.310. The van der Waals surface area contributed by atoms with Crippen molar-refractivity contribution in [1.82, 2.24) is 4.98 Å². The lowest BCUT2D eigenvalue weighted by Gasteiger charge is -2.20. The zero-order valence-electron chi connectivity index (χ0n) is 19.7. The number of pyridine rings is 1. The SMILES string of the molecule is O=C(O)C[C@H](O)C[C@H](O)/C=C/c1c(C2CC2)nc2c(c1-c1ccc(F)cc1)CCOc1ccccc1-2. The lowest BCUT2D eigenvalue weighted by Crippen LogP contribution is -2.19. The minimum atomic E-state index is -1.15. The molecule has 0 bridgehead atoms. The average Bonchev–Trinajstić information content (AvgIpc) is 3.69. The summed E-state index contributed by atoms with van der Waals surface area (Å²) in [5.41, 5.74) is 6.32. The van der Waals surface area contributed by atoms with E-state index in [2.05, 4.69) is 0 Å². The summed E-state index contributed by atoms with van der Waals surface area (Å²) in [6.07, 6.45) is 3.31. The molecule has 0 unspecified atom stereocenters. The number of carboxylic acids is 1. The van der Waals surface area contributed by atoms with Crippen LogP contribution in [0.5, 0.6) is 5.75 Å². The van der Waals surface area contributed by atoms with Crippen molar-refractivity contribution < 1.29 is 29.2 Å². The lowest BCUT2D eigenvalue weighted by atomic mass is 9.87. The molecule has 0 spiro atoms. The van der Waals surface area contributed by atoms with Crippen molar-refractivity contribution in [2.45, 2.75) is 50.2 Å². The molecule has 2 aromatic carbocycles. The lowest BCUT2D eigenvalue weighted by molar-refractivity contribution is -0.139. The average molecular weight is 490 g/mol. The maximum atomic E-state index is 13.8. The van der Waals surface area contributed by atoms with Gasteiger partial charge in [0.25, 0.3) is 0 Å². The Labute approximate surface area is 208 Å². The summed E-state index contributed by atoms with van der Waals surface area (Å²) >= 11 is 0. The van der Waals surface area contributed by atoms with E-state index in [1.165, 1.54) is 12.1 Å². The summed E-state index contributed by atoms with van der Waals surface area (Å²) in [7, 11) is 0. The van der Waals surface area contributed by atoms with Crippen LogP contribution in [-0.4, -0.2) is 45.1 Å². The normalized spacial score (nSPS) is 16.5. The van der Waals surface area contributed by atoms with Crippen molar-refractivity contribution in [3.8, 4) is 28.1 Å². The number of rotatable bonds is 8. The number of carboxylic acid groups (broad SMARTS) is 1. The predicted molar refractivity (Wildman–Crippen MR) is 134 cm³/mol. The number of para-hydroxylation sites is 1. The van der Waals surface area contributed by atoms with Gasteiger partial charge >= 0.3 is 5.97 Å². The molecule has 2 aliphatic rings. The molecule has 0 amide bonds. The third kappa shape index (κ3) is 5.17. The van der Waals surface area contributed by atoms with Gasteiger partial charge in [-0.1, -0.05) is 36.4 Å². The van der Waals surface area contributed by atoms with Crippen LogP contribution in [0.4, 0.5) is 4.39 Å². The van der Waals surface area contributed by atoms with Crippen LogP contribution in [0.1, 0.15) is 48.4 Å². The van der Waals surface area contributed by atoms with Gasteiger partial charge in [-0.3, -0.25) is 9.78 Å². The first-order chi connectivity index (χ1) is 17.4. The third-order valence-corrected chi connectivity index (χ3v) is 6.62. The van der Waals surface area contributed by atoms with Crippen molar-refractivity contribution in [2.24, 2.45) is 0 Å². The van der Waals surface area contributed by atoms with Gasteiger partial charge in [0.15, 0.2) is 0 Å². The molecule has 1 aromatic heterocycles. The molecule has 0 radical (unpaired) electrons. The van der Waals surface area contributed by atoms with Crippen molar-refractivity contribution in [3.05, 3.63) is 77.2 Å². The first-order valence-electron chi connectivity index (χ1n) is 12.2. The molecule has 3 N–H and O–H groups in total. The summed E-state index contributed by atoms with van der Waals surface area (Å²) in [5.74, 6) is -0.386. The Morgan fingerprint density at radius 1 is 1.14 bits per heavy atom. The molecule has 6 nitrogen and oxygen atoms in total. The second kappa shape index (κ2) is 10.2. The molecule has 0 saturated heterocycles. The van der Waals surface area contributed by atoms with E-state index in [1.54, 1.807) is 18.2 Å². The van der Waals surface area contributed by atoms with Gasteiger partial charge < -0.3 is 20.1 Å². The Morgan fingerprint density at radius 3 is 2.61 bits per heavy atom. The Bertz CT molecular complexity index is 1300. The van der Waals surface area contributed by atoms with Crippen LogP contribution >= 0.6 is 0 Å². The quantitative estimate of drug-likeness (QED) is 0.413. The molecule has 3 aromatic rings. The summed E-state index contributed by atoms with van der Waals surface area (Å²) < 4.78 is 19.9. The van der Waals surface area contributed by atoms with Gasteiger partial charge in [0.2, 0.25) is 0 Å². The molecule has 1 saturated carbocycles. The van der Waals surface area contributed by atoms with E-state index in [0.29, 0.717) is 13.0 Å². The fourth-order valence-electron chi connectivity index (χ4n) is 4.81. The van der Waals surface area contributed by atoms with Gasteiger partial charge in [0.05, 0.1) is 36.6 Å². The standard InChI is InChI=1S/C29H28FNO5/c30-19-9-7-17(8-10-19)27-23(12-11-20(32)15-21(33)16-26(34)35)28(18-5-6-18)31-29-22-3-1-2-4-25(22)36-14-13-24(27)29/h1-4,7-12,18,20-21,32-33H,5-6,13-16H2,(H,34,35)/b12-11+/t20-,21-/m1/s1. The molecule has 186 valence electrons.